The van der Waals surface area contributed by atoms with Crippen LogP contribution in [0.3, 0.4) is 0 Å². The normalized spacial score (nSPS) is 19.0. The summed E-state index contributed by atoms with van der Waals surface area (Å²) in [5, 5.41) is 0. The first-order chi connectivity index (χ1) is 20.2. The number of hydrogen-bond acceptors (Lipinski definition) is 0. The molecule has 0 spiro atoms. The van der Waals surface area contributed by atoms with Gasteiger partial charge in [-0.2, -0.15) is 0 Å². The Morgan fingerprint density at radius 3 is 1.34 bits per heavy atom. The summed E-state index contributed by atoms with van der Waals surface area (Å²) < 4.78 is 0.159. The molecule has 2 unspecified atom stereocenters. The molecule has 0 amide bonds. The number of allylic oxidation sites excluding steroid dienone is 2. The van der Waals surface area contributed by atoms with Gasteiger partial charge in [0.1, 0.15) is 0 Å². The molecule has 0 aliphatic heterocycles. The third kappa shape index (κ3) is 7.16. The van der Waals surface area contributed by atoms with Gasteiger partial charge in [0.05, 0.1) is 0 Å². The van der Waals surface area contributed by atoms with E-state index < -0.39 is 21.5 Å². The van der Waals surface area contributed by atoms with E-state index >= 15 is 0 Å². The molecule has 4 heteroatoms. The average Bonchev–Trinajstić information content (AvgIpc) is 3.43. The summed E-state index contributed by atoms with van der Waals surface area (Å²) in [5.74, 6) is 13.5. The van der Waals surface area contributed by atoms with Crippen LogP contribution in [0.25, 0.3) is 12.2 Å². The van der Waals surface area contributed by atoms with Gasteiger partial charge in [0.25, 0.3) is 0 Å². The molecule has 235 valence electrons. The van der Waals surface area contributed by atoms with E-state index in [1.165, 1.54) is 33.4 Å². The number of fused-ring (bicyclic) bond motifs is 2. The average molecular weight is 724 g/mol. The van der Waals surface area contributed by atoms with E-state index in [1.54, 1.807) is 0 Å². The second-order valence-corrected chi connectivity index (χ2v) is 59.0. The monoisotopic (exact) mass is 721 g/mol. The van der Waals surface area contributed by atoms with Crippen LogP contribution < -0.4 is 0 Å². The van der Waals surface area contributed by atoms with Crippen molar-refractivity contribution >= 4 is 35.1 Å². The molecule has 0 fully saturated rings. The number of hydrogen-bond donors (Lipinski definition) is 0. The SMILES string of the molecule is CC(C)CC1=Cc2c(C#CC(C)(C)C)cccc2[CH]1[Zr]([Cl])([Cl])([CH]1C(CC(C)C)=Cc2c(C#CC(C)(C)C)cccc21)[SiH](C)C. The first kappa shape index (κ1) is 35.6. The molecule has 2 atom stereocenters. The zero-order chi connectivity index (χ0) is 32.9. The first-order valence-corrected chi connectivity index (χ1v) is 32.8. The third-order valence-corrected chi connectivity index (χ3v) is 60.8. The molecule has 0 aromatic heterocycles. The zero-order valence-corrected chi connectivity index (χ0v) is 34.3. The Morgan fingerprint density at radius 2 is 1.05 bits per heavy atom. The summed E-state index contributed by atoms with van der Waals surface area (Å²) in [6.07, 6.45) is 6.87. The van der Waals surface area contributed by atoms with Crippen molar-refractivity contribution in [1.82, 2.24) is 0 Å². The van der Waals surface area contributed by atoms with E-state index in [2.05, 4.69) is 155 Å². The summed E-state index contributed by atoms with van der Waals surface area (Å²) in [5.41, 5.74) is 10.0. The summed E-state index contributed by atoms with van der Waals surface area (Å²) in [6.45, 7) is 27.2. The third-order valence-electron chi connectivity index (χ3n) is 8.94. The Morgan fingerprint density at radius 1 is 0.682 bits per heavy atom. The summed E-state index contributed by atoms with van der Waals surface area (Å²) in [6, 6.07) is 13.4. The Hall–Kier alpha value is -1.28. The Bertz CT molecular complexity index is 1500. The van der Waals surface area contributed by atoms with Crippen molar-refractivity contribution in [2.75, 3.05) is 0 Å². The van der Waals surface area contributed by atoms with Crippen LogP contribution in [0.2, 0.25) is 13.1 Å². The van der Waals surface area contributed by atoms with Gasteiger partial charge in [0.2, 0.25) is 0 Å². The maximum absolute atomic E-state index is 8.64. The van der Waals surface area contributed by atoms with Crippen LogP contribution in [0.4, 0.5) is 0 Å². The molecule has 0 bridgehead atoms. The number of halogens is 2. The van der Waals surface area contributed by atoms with Crippen LogP contribution in [0.15, 0.2) is 47.5 Å². The van der Waals surface area contributed by atoms with Gasteiger partial charge in [-0.1, -0.05) is 0 Å². The maximum atomic E-state index is 8.64. The van der Waals surface area contributed by atoms with Crippen LogP contribution >= 0.6 is 17.0 Å². The van der Waals surface area contributed by atoms with E-state index in [4.69, 9.17) is 17.0 Å². The second-order valence-electron chi connectivity index (χ2n) is 16.5. The van der Waals surface area contributed by atoms with Gasteiger partial charge in [0.15, 0.2) is 0 Å². The van der Waals surface area contributed by atoms with Crippen molar-refractivity contribution in [1.29, 1.82) is 0 Å². The Labute approximate surface area is 278 Å². The molecule has 2 aliphatic rings. The molecule has 0 radical (unpaired) electrons. The van der Waals surface area contributed by atoms with Crippen LogP contribution in [0.5, 0.6) is 0 Å². The van der Waals surface area contributed by atoms with Gasteiger partial charge < -0.3 is 0 Å². The number of rotatable bonds is 7. The molecule has 4 rings (SSSR count). The van der Waals surface area contributed by atoms with Crippen LogP contribution in [-0.4, -0.2) is 5.92 Å². The van der Waals surface area contributed by atoms with Gasteiger partial charge in [-0.05, 0) is 0 Å². The Balaban J connectivity index is 2.04. The van der Waals surface area contributed by atoms with Crippen molar-refractivity contribution in [2.45, 2.75) is 102 Å². The summed E-state index contributed by atoms with van der Waals surface area (Å²) in [7, 11) is 17.3. The van der Waals surface area contributed by atoms with Gasteiger partial charge in [-0.25, -0.2) is 0 Å². The van der Waals surface area contributed by atoms with Crippen LogP contribution in [0.1, 0.15) is 123 Å². The van der Waals surface area contributed by atoms with Gasteiger partial charge >= 0.3 is 280 Å². The molecule has 0 saturated carbocycles. The van der Waals surface area contributed by atoms with Crippen LogP contribution in [0, 0.1) is 46.3 Å². The zero-order valence-electron chi connectivity index (χ0n) is 29.2. The van der Waals surface area contributed by atoms with E-state index in [0.717, 1.165) is 24.0 Å². The topological polar surface area (TPSA) is 0 Å². The van der Waals surface area contributed by atoms with E-state index in [-0.39, 0.29) is 18.1 Å². The van der Waals surface area contributed by atoms with Crippen molar-refractivity contribution in [3.8, 4) is 23.7 Å². The van der Waals surface area contributed by atoms with E-state index in [9.17, 15) is 0 Å². The second kappa shape index (κ2) is 12.7. The molecular weight excluding hydrogens is 671 g/mol. The fraction of sp³-hybridized carbons (Fsp3) is 0.500. The molecule has 0 nitrogen and oxygen atoms in total. The molecule has 2 aromatic rings. The van der Waals surface area contributed by atoms with Crippen molar-refractivity contribution in [2.24, 2.45) is 22.7 Å². The minimum atomic E-state index is -4.84. The van der Waals surface area contributed by atoms with Gasteiger partial charge in [-0.15, -0.1) is 0 Å². The molecule has 2 aromatic carbocycles. The molecular formula is C40H53Cl2SiZr. The van der Waals surface area contributed by atoms with Crippen molar-refractivity contribution in [3.63, 3.8) is 0 Å². The predicted molar refractivity (Wildman–Crippen MR) is 196 cm³/mol. The summed E-state index contributed by atoms with van der Waals surface area (Å²) >= 11 is -4.84. The predicted octanol–water partition coefficient (Wildman–Crippen LogP) is 12.1. The minimum absolute atomic E-state index is 0.0725. The first-order valence-electron chi connectivity index (χ1n) is 16.5. The fourth-order valence-electron chi connectivity index (χ4n) is 7.09. The van der Waals surface area contributed by atoms with Gasteiger partial charge in [-0.3, -0.25) is 0 Å². The molecule has 0 heterocycles. The van der Waals surface area contributed by atoms with Crippen molar-refractivity contribution < 1.29 is 15.6 Å². The molecule has 0 N–H and O–H groups in total. The fourth-order valence-corrected chi connectivity index (χ4v) is 38.5. The van der Waals surface area contributed by atoms with Crippen molar-refractivity contribution in [3.05, 3.63) is 80.9 Å². The summed E-state index contributed by atoms with van der Waals surface area (Å²) in [4.78, 5) is 0. The van der Waals surface area contributed by atoms with E-state index in [0.29, 0.717) is 11.8 Å². The molecule has 2 aliphatic carbocycles. The molecule has 44 heavy (non-hydrogen) atoms. The standard InChI is InChI=1S/2C19H23.C2H7Si.2ClH.Zr/c2*1-14(2)11-15-12-17-8-6-7-16(18(17)13-15)9-10-19(3,4)5;1-3-2;;;/h2*6-8,12-14H,11H2,1-5H3;3H,1-2H3;2*1H;/q;;;;;+2/p-2. The van der Waals surface area contributed by atoms with Crippen LogP contribution in [-0.2, 0) is 15.6 Å². The van der Waals surface area contributed by atoms with E-state index in [1.807, 2.05) is 0 Å². The van der Waals surface area contributed by atoms with Gasteiger partial charge in [0, 0.05) is 0 Å². The Kier molecular flexibility index (Phi) is 10.3. The number of benzene rings is 2. The molecule has 0 saturated heterocycles. The quantitative estimate of drug-likeness (QED) is 0.197.